The molecule has 0 atom stereocenters. The van der Waals surface area contributed by atoms with Gasteiger partial charge in [-0.25, -0.2) is 0 Å². The minimum Gasteiger partial charge on any atom is -0.0885 e. The van der Waals surface area contributed by atoms with Crippen molar-refractivity contribution in [3.05, 3.63) is 18.6 Å². The molecule has 0 aromatic rings. The van der Waals surface area contributed by atoms with E-state index in [4.69, 9.17) is 0 Å². The smallest absolute Gasteiger partial charge is 0.0351 e. The van der Waals surface area contributed by atoms with E-state index in [1.54, 1.807) is 0 Å². The van der Waals surface area contributed by atoms with Crippen molar-refractivity contribution in [3.8, 4) is 0 Å². The molecule has 1 rings (SSSR count). The van der Waals surface area contributed by atoms with Crippen LogP contribution >= 0.6 is 0 Å². The summed E-state index contributed by atoms with van der Waals surface area (Å²) in [6.07, 6.45) is 21.0. The van der Waals surface area contributed by atoms with Crippen LogP contribution in [-0.4, -0.2) is 0 Å². The summed E-state index contributed by atoms with van der Waals surface area (Å²) >= 11 is 0. The molecule has 0 nitrogen and oxygen atoms in total. The normalized spacial score (nSPS) is 22.8. The van der Waals surface area contributed by atoms with Crippen LogP contribution in [0.2, 0.25) is 0 Å². The molecule has 13 heavy (non-hydrogen) atoms. The zero-order valence-electron chi connectivity index (χ0n) is 8.80. The van der Waals surface area contributed by atoms with E-state index in [2.05, 4.69) is 18.6 Å². The molecule has 0 heteroatoms. The third kappa shape index (κ3) is 6.86. The van der Waals surface area contributed by atoms with Crippen LogP contribution in [0, 0.1) is 6.42 Å². The summed E-state index contributed by atoms with van der Waals surface area (Å²) in [4.78, 5) is 0. The summed E-state index contributed by atoms with van der Waals surface area (Å²) in [6.45, 7) is 0. The van der Waals surface area contributed by atoms with Crippen molar-refractivity contribution in [1.82, 2.24) is 0 Å². The molecule has 1 radical (unpaired) electrons. The molecule has 0 unspecified atom stereocenters. The fraction of sp³-hybridized carbons (Fsp3) is 0.769. The van der Waals surface area contributed by atoms with E-state index in [0.29, 0.717) is 0 Å². The molecular formula is C13H23. The van der Waals surface area contributed by atoms with Crippen LogP contribution in [0.25, 0.3) is 0 Å². The Balaban J connectivity index is 2.09. The summed E-state index contributed by atoms with van der Waals surface area (Å²) in [5.74, 6) is 0. The van der Waals surface area contributed by atoms with E-state index in [-0.39, 0.29) is 0 Å². The first-order chi connectivity index (χ1) is 6.50. The van der Waals surface area contributed by atoms with Crippen LogP contribution in [0.5, 0.6) is 0 Å². The molecule has 0 saturated heterocycles. The van der Waals surface area contributed by atoms with Gasteiger partial charge in [-0.05, 0) is 32.1 Å². The van der Waals surface area contributed by atoms with Gasteiger partial charge in [-0.1, -0.05) is 50.7 Å². The first-order valence-electron chi connectivity index (χ1n) is 5.97. The fourth-order valence-electron chi connectivity index (χ4n) is 1.84. The molecule has 0 spiro atoms. The molecule has 0 bridgehead atoms. The molecule has 0 aromatic carbocycles. The highest BCUT2D eigenvalue weighted by molar-refractivity contribution is 4.81. The third-order valence-electron chi connectivity index (χ3n) is 2.72. The second-order valence-electron chi connectivity index (χ2n) is 4.04. The first kappa shape index (κ1) is 10.8. The highest BCUT2D eigenvalue weighted by atomic mass is 14.0. The average molecular weight is 179 g/mol. The number of allylic oxidation sites excluding steroid dienone is 2. The van der Waals surface area contributed by atoms with Crippen molar-refractivity contribution in [2.24, 2.45) is 0 Å². The van der Waals surface area contributed by atoms with Crippen LogP contribution in [0.3, 0.4) is 0 Å². The van der Waals surface area contributed by atoms with E-state index < -0.39 is 0 Å². The van der Waals surface area contributed by atoms with Gasteiger partial charge >= 0.3 is 0 Å². The van der Waals surface area contributed by atoms with E-state index >= 15 is 0 Å². The zero-order valence-corrected chi connectivity index (χ0v) is 8.80. The molecule has 0 heterocycles. The Bertz CT molecular complexity index is 110. The second-order valence-corrected chi connectivity index (χ2v) is 4.04. The Morgan fingerprint density at radius 1 is 0.462 bits per heavy atom. The molecule has 0 amide bonds. The molecule has 75 valence electrons. The summed E-state index contributed by atoms with van der Waals surface area (Å²) < 4.78 is 0. The van der Waals surface area contributed by atoms with Crippen LogP contribution < -0.4 is 0 Å². The largest absolute Gasteiger partial charge is 0.0885 e. The van der Waals surface area contributed by atoms with Gasteiger partial charge in [-0.15, -0.1) is 0 Å². The van der Waals surface area contributed by atoms with Gasteiger partial charge in [0.25, 0.3) is 0 Å². The van der Waals surface area contributed by atoms with Gasteiger partial charge in [0.15, 0.2) is 0 Å². The van der Waals surface area contributed by atoms with Gasteiger partial charge in [-0.3, -0.25) is 0 Å². The molecule has 0 aromatic heterocycles. The molecule has 0 fully saturated rings. The van der Waals surface area contributed by atoms with E-state index in [1.165, 1.54) is 64.2 Å². The van der Waals surface area contributed by atoms with Crippen molar-refractivity contribution in [1.29, 1.82) is 0 Å². The van der Waals surface area contributed by atoms with Crippen molar-refractivity contribution < 1.29 is 0 Å². The predicted molar refractivity (Wildman–Crippen MR) is 59.6 cm³/mol. The maximum atomic E-state index is 2.49. The SMILES string of the molecule is [CH]1CCCCC=CCCCCCC1. The van der Waals surface area contributed by atoms with Crippen LogP contribution in [-0.2, 0) is 0 Å². The van der Waals surface area contributed by atoms with Crippen molar-refractivity contribution in [3.63, 3.8) is 0 Å². The summed E-state index contributed by atoms with van der Waals surface area (Å²) in [5, 5.41) is 0. The Kier molecular flexibility index (Phi) is 6.94. The average Bonchev–Trinajstić information content (AvgIpc) is 2.18. The number of rotatable bonds is 0. The van der Waals surface area contributed by atoms with Gasteiger partial charge in [0.2, 0.25) is 0 Å². The van der Waals surface area contributed by atoms with Gasteiger partial charge in [-0.2, -0.15) is 0 Å². The minimum absolute atomic E-state index is 1.30. The van der Waals surface area contributed by atoms with E-state index in [0.717, 1.165) is 0 Å². The summed E-state index contributed by atoms with van der Waals surface area (Å²) in [6, 6.07) is 0. The lowest BCUT2D eigenvalue weighted by molar-refractivity contribution is 0.628. The van der Waals surface area contributed by atoms with Gasteiger partial charge in [0, 0.05) is 0 Å². The molecule has 0 aliphatic heterocycles. The number of hydrogen-bond donors (Lipinski definition) is 0. The Labute approximate surface area is 83.4 Å². The Morgan fingerprint density at radius 2 is 0.923 bits per heavy atom. The fourth-order valence-corrected chi connectivity index (χ4v) is 1.84. The lowest BCUT2D eigenvalue weighted by Gasteiger charge is -1.99. The van der Waals surface area contributed by atoms with Gasteiger partial charge in [0.1, 0.15) is 0 Å². The molecule has 0 N–H and O–H groups in total. The van der Waals surface area contributed by atoms with Crippen LogP contribution in [0.4, 0.5) is 0 Å². The van der Waals surface area contributed by atoms with Gasteiger partial charge in [0.05, 0.1) is 0 Å². The summed E-state index contributed by atoms with van der Waals surface area (Å²) in [7, 11) is 0. The summed E-state index contributed by atoms with van der Waals surface area (Å²) in [5.41, 5.74) is 0. The van der Waals surface area contributed by atoms with Crippen molar-refractivity contribution >= 4 is 0 Å². The Morgan fingerprint density at radius 3 is 1.62 bits per heavy atom. The van der Waals surface area contributed by atoms with Gasteiger partial charge < -0.3 is 0 Å². The molecule has 1 aliphatic rings. The maximum absolute atomic E-state index is 2.49. The first-order valence-corrected chi connectivity index (χ1v) is 5.97. The van der Waals surface area contributed by atoms with Crippen LogP contribution in [0.15, 0.2) is 12.2 Å². The molecule has 0 saturated carbocycles. The molecule has 1 aliphatic carbocycles. The third-order valence-corrected chi connectivity index (χ3v) is 2.72. The standard InChI is InChI=1S/C13H23/c1-2-4-6-8-10-12-13-11-9-7-5-3-1/h1-2,11H,3-10,12-13H2. The second kappa shape index (κ2) is 8.34. The zero-order chi connectivity index (χ0) is 9.19. The highest BCUT2D eigenvalue weighted by Crippen LogP contribution is 2.12. The quantitative estimate of drug-likeness (QED) is 0.474. The van der Waals surface area contributed by atoms with Crippen molar-refractivity contribution in [2.45, 2.75) is 64.2 Å². The molecular weight excluding hydrogens is 156 g/mol. The van der Waals surface area contributed by atoms with E-state index in [9.17, 15) is 0 Å². The lowest BCUT2D eigenvalue weighted by atomic mass is 10.1. The monoisotopic (exact) mass is 179 g/mol. The number of hydrogen-bond acceptors (Lipinski definition) is 0. The lowest BCUT2D eigenvalue weighted by Crippen LogP contribution is -1.81. The highest BCUT2D eigenvalue weighted by Gasteiger charge is 1.93. The van der Waals surface area contributed by atoms with Crippen LogP contribution in [0.1, 0.15) is 64.2 Å². The topological polar surface area (TPSA) is 0 Å². The predicted octanol–water partition coefficient (Wildman–Crippen LogP) is 4.66. The Hall–Kier alpha value is -0.260. The van der Waals surface area contributed by atoms with E-state index in [1.807, 2.05) is 0 Å². The minimum atomic E-state index is 1.30. The maximum Gasteiger partial charge on any atom is -0.0351 e. The van der Waals surface area contributed by atoms with Crippen molar-refractivity contribution in [2.75, 3.05) is 0 Å².